The lowest BCUT2D eigenvalue weighted by Gasteiger charge is -2.10. The molecular weight excluding hydrogens is 379 g/mol. The van der Waals surface area contributed by atoms with E-state index in [9.17, 15) is 26.4 Å². The number of rotatable bonds is 5. The molecular formula is C14H14F3N3O3S2. The van der Waals surface area contributed by atoms with Gasteiger partial charge >= 0.3 is 6.18 Å². The molecule has 2 aromatic rings. The van der Waals surface area contributed by atoms with Gasteiger partial charge in [0.15, 0.2) is 10.8 Å². The Kier molecular flexibility index (Phi) is 5.49. The normalized spacial score (nSPS) is 12.4. The van der Waals surface area contributed by atoms with Crippen LogP contribution in [-0.2, 0) is 16.2 Å². The summed E-state index contributed by atoms with van der Waals surface area (Å²) in [6, 6.07) is 4.72. The van der Waals surface area contributed by atoms with Gasteiger partial charge in [-0.05, 0) is 38.1 Å². The third kappa shape index (κ3) is 5.00. The number of anilines is 1. The highest BCUT2D eigenvalue weighted by molar-refractivity contribution is 7.89. The summed E-state index contributed by atoms with van der Waals surface area (Å²) in [5, 5.41) is 2.84. The maximum Gasteiger partial charge on any atom is 0.434 e. The van der Waals surface area contributed by atoms with Gasteiger partial charge in [0, 0.05) is 17.0 Å². The fraction of sp³-hybridized carbons (Fsp3) is 0.286. The third-order valence-corrected chi connectivity index (χ3v) is 5.26. The highest BCUT2D eigenvalue weighted by Gasteiger charge is 2.33. The number of benzene rings is 1. The van der Waals surface area contributed by atoms with Gasteiger partial charge in [-0.3, -0.25) is 10.1 Å². The number of hydrogen-bond donors (Lipinski definition) is 2. The zero-order valence-corrected chi connectivity index (χ0v) is 14.7. The number of thiazole rings is 1. The predicted molar refractivity (Wildman–Crippen MR) is 87.0 cm³/mol. The predicted octanol–water partition coefficient (Wildman–Crippen LogP) is 3.10. The monoisotopic (exact) mass is 393 g/mol. The van der Waals surface area contributed by atoms with Gasteiger partial charge in [0.1, 0.15) is 0 Å². The lowest BCUT2D eigenvalue weighted by atomic mass is 10.2. The first-order valence-electron chi connectivity index (χ1n) is 6.95. The van der Waals surface area contributed by atoms with Crippen LogP contribution >= 0.6 is 11.3 Å². The van der Waals surface area contributed by atoms with Crippen LogP contribution in [0.25, 0.3) is 0 Å². The molecule has 25 heavy (non-hydrogen) atoms. The van der Waals surface area contributed by atoms with Crippen molar-refractivity contribution < 1.29 is 26.4 Å². The fourth-order valence-corrected chi connectivity index (χ4v) is 3.76. The number of amides is 1. The van der Waals surface area contributed by atoms with E-state index in [4.69, 9.17) is 0 Å². The van der Waals surface area contributed by atoms with Crippen LogP contribution in [0.4, 0.5) is 18.3 Å². The number of nitrogens with one attached hydrogen (secondary N) is 2. The summed E-state index contributed by atoms with van der Waals surface area (Å²) in [4.78, 5) is 15.3. The van der Waals surface area contributed by atoms with Gasteiger partial charge in [0.05, 0.1) is 4.90 Å². The minimum absolute atomic E-state index is 0.0219. The Hall–Kier alpha value is -1.98. The molecule has 0 saturated carbocycles. The Balaban J connectivity index is 2.12. The molecule has 0 aliphatic heterocycles. The number of sulfonamides is 1. The molecule has 0 fully saturated rings. The molecule has 11 heteroatoms. The average Bonchev–Trinajstić information content (AvgIpc) is 2.94. The van der Waals surface area contributed by atoms with Crippen LogP contribution in [-0.4, -0.2) is 25.4 Å². The summed E-state index contributed by atoms with van der Waals surface area (Å²) in [6.45, 7) is 3.34. The van der Waals surface area contributed by atoms with E-state index in [0.717, 1.165) is 5.38 Å². The van der Waals surface area contributed by atoms with Crippen LogP contribution in [0.2, 0.25) is 0 Å². The number of carbonyl (C=O) groups excluding carboxylic acids is 1. The first-order valence-corrected chi connectivity index (χ1v) is 9.32. The van der Waals surface area contributed by atoms with Crippen molar-refractivity contribution in [3.8, 4) is 0 Å². The Morgan fingerprint density at radius 3 is 2.28 bits per heavy atom. The van der Waals surface area contributed by atoms with E-state index >= 15 is 0 Å². The lowest BCUT2D eigenvalue weighted by molar-refractivity contribution is -0.140. The zero-order chi connectivity index (χ0) is 18.8. The van der Waals surface area contributed by atoms with E-state index < -0.39 is 27.8 Å². The molecule has 0 atom stereocenters. The first kappa shape index (κ1) is 19.3. The maximum atomic E-state index is 12.5. The van der Waals surface area contributed by atoms with Gasteiger partial charge in [-0.1, -0.05) is 0 Å². The molecule has 0 aliphatic carbocycles. The quantitative estimate of drug-likeness (QED) is 0.817. The Morgan fingerprint density at radius 2 is 1.80 bits per heavy atom. The Bertz CT molecular complexity index is 859. The molecule has 0 spiro atoms. The molecule has 0 saturated heterocycles. The zero-order valence-electron chi connectivity index (χ0n) is 13.1. The average molecular weight is 393 g/mol. The number of halogens is 3. The SMILES string of the molecule is CC(C)NS(=O)(=O)c1ccc(C(=O)Nc2nc(C(F)(F)F)cs2)cc1. The third-order valence-electron chi connectivity index (χ3n) is 2.83. The van der Waals surface area contributed by atoms with E-state index in [-0.39, 0.29) is 21.6 Å². The van der Waals surface area contributed by atoms with Crippen molar-refractivity contribution in [2.45, 2.75) is 31.0 Å². The van der Waals surface area contributed by atoms with E-state index in [0.29, 0.717) is 11.3 Å². The molecule has 2 rings (SSSR count). The summed E-state index contributed by atoms with van der Waals surface area (Å²) < 4.78 is 63.8. The van der Waals surface area contributed by atoms with Crippen LogP contribution in [0, 0.1) is 0 Å². The topological polar surface area (TPSA) is 88.2 Å². The van der Waals surface area contributed by atoms with Gasteiger partial charge in [0.25, 0.3) is 5.91 Å². The highest BCUT2D eigenvalue weighted by atomic mass is 32.2. The maximum absolute atomic E-state index is 12.5. The second-order valence-electron chi connectivity index (χ2n) is 5.29. The van der Waals surface area contributed by atoms with Crippen molar-refractivity contribution in [3.63, 3.8) is 0 Å². The lowest BCUT2D eigenvalue weighted by Crippen LogP contribution is -2.30. The number of nitrogens with zero attached hydrogens (tertiary/aromatic N) is 1. The fourth-order valence-electron chi connectivity index (χ4n) is 1.79. The molecule has 1 amide bonds. The van der Waals surface area contributed by atoms with E-state index in [1.54, 1.807) is 13.8 Å². The van der Waals surface area contributed by atoms with Crippen LogP contribution in [0.15, 0.2) is 34.5 Å². The van der Waals surface area contributed by atoms with Gasteiger partial charge in [-0.25, -0.2) is 18.1 Å². The number of alkyl halides is 3. The molecule has 1 aromatic heterocycles. The summed E-state index contributed by atoms with van der Waals surface area (Å²) >= 11 is 0.645. The smallest absolute Gasteiger partial charge is 0.298 e. The van der Waals surface area contributed by atoms with Crippen molar-refractivity contribution in [1.82, 2.24) is 9.71 Å². The Labute approximate surface area is 146 Å². The van der Waals surface area contributed by atoms with E-state index in [2.05, 4.69) is 15.0 Å². The van der Waals surface area contributed by atoms with Crippen LogP contribution in [0.1, 0.15) is 29.9 Å². The number of aromatic nitrogens is 1. The largest absolute Gasteiger partial charge is 0.434 e. The van der Waals surface area contributed by atoms with Gasteiger partial charge in [0.2, 0.25) is 10.0 Å². The van der Waals surface area contributed by atoms with Crippen molar-refractivity contribution in [1.29, 1.82) is 0 Å². The minimum Gasteiger partial charge on any atom is -0.298 e. The van der Waals surface area contributed by atoms with E-state index in [1.807, 2.05) is 0 Å². The highest BCUT2D eigenvalue weighted by Crippen LogP contribution is 2.31. The van der Waals surface area contributed by atoms with Gasteiger partial charge < -0.3 is 0 Å². The summed E-state index contributed by atoms with van der Waals surface area (Å²) in [5.74, 6) is -0.691. The molecule has 0 unspecified atom stereocenters. The van der Waals surface area contributed by atoms with Gasteiger partial charge in [-0.15, -0.1) is 11.3 Å². The standard InChI is InChI=1S/C14H14F3N3O3S2/c1-8(2)20-25(22,23)10-5-3-9(4-6-10)12(21)19-13-18-11(7-24-13)14(15,16)17/h3-8,20H,1-2H3,(H,18,19,21). The first-order chi connectivity index (χ1) is 11.5. The van der Waals surface area contributed by atoms with E-state index in [1.165, 1.54) is 24.3 Å². The molecule has 1 heterocycles. The van der Waals surface area contributed by atoms with Gasteiger partial charge in [-0.2, -0.15) is 13.2 Å². The summed E-state index contributed by atoms with van der Waals surface area (Å²) in [5.41, 5.74) is -0.999. The molecule has 136 valence electrons. The van der Waals surface area contributed by atoms with Crippen molar-refractivity contribution in [3.05, 3.63) is 40.9 Å². The van der Waals surface area contributed by atoms with Crippen molar-refractivity contribution in [2.75, 3.05) is 5.32 Å². The molecule has 0 aliphatic rings. The number of carbonyl (C=O) groups is 1. The summed E-state index contributed by atoms with van der Waals surface area (Å²) in [7, 11) is -3.69. The summed E-state index contributed by atoms with van der Waals surface area (Å²) in [6.07, 6.45) is -4.58. The molecule has 1 aromatic carbocycles. The molecule has 2 N–H and O–H groups in total. The second-order valence-corrected chi connectivity index (χ2v) is 7.86. The minimum atomic E-state index is -4.58. The van der Waals surface area contributed by atoms with Crippen LogP contribution in [0.5, 0.6) is 0 Å². The van der Waals surface area contributed by atoms with Crippen molar-refractivity contribution in [2.24, 2.45) is 0 Å². The Morgan fingerprint density at radius 1 is 1.20 bits per heavy atom. The number of hydrogen-bond acceptors (Lipinski definition) is 5. The van der Waals surface area contributed by atoms with Crippen LogP contribution < -0.4 is 10.0 Å². The second kappa shape index (κ2) is 7.10. The van der Waals surface area contributed by atoms with Crippen LogP contribution in [0.3, 0.4) is 0 Å². The van der Waals surface area contributed by atoms with Crippen molar-refractivity contribution >= 4 is 32.4 Å². The molecule has 0 bridgehead atoms. The molecule has 6 nitrogen and oxygen atoms in total. The molecule has 0 radical (unpaired) electrons.